The highest BCUT2D eigenvalue weighted by Gasteiger charge is 2.09. The fraction of sp³-hybridized carbons (Fsp3) is 0.292. The standard InChI is InChI=1S/C20H19N3O4.2C2H6/c1-24-16-9-6-8-15(11-16)21-13-14-7-4-5-10-17(14)27-20-22-18(25-2)12-19(23-20)26-3;2*1-2/h4-13H,1-3H3;2*1-2H3. The minimum Gasteiger partial charge on any atom is -0.497 e. The molecule has 3 aromatic rings. The predicted octanol–water partition coefficient (Wildman–Crippen LogP) is 6.10. The van der Waals surface area contributed by atoms with Crippen LogP contribution in [-0.2, 0) is 0 Å². The van der Waals surface area contributed by atoms with Crippen LogP contribution in [0.4, 0.5) is 5.69 Å². The SMILES string of the molecule is CC.CC.COc1cccc(N=Cc2ccccc2Oc2nc(OC)cc(OC)n2)c1. The maximum absolute atomic E-state index is 5.83. The lowest BCUT2D eigenvalue weighted by Gasteiger charge is -2.09. The Morgan fingerprint density at radius 1 is 0.742 bits per heavy atom. The van der Waals surface area contributed by atoms with Crippen LogP contribution in [0.3, 0.4) is 0 Å². The normalized spacial score (nSPS) is 9.65. The van der Waals surface area contributed by atoms with Crippen LogP contribution in [0.25, 0.3) is 0 Å². The molecule has 0 saturated heterocycles. The number of methoxy groups -OCH3 is 3. The first kappa shape index (κ1) is 25.4. The number of hydrogen-bond donors (Lipinski definition) is 0. The van der Waals surface area contributed by atoms with Crippen molar-refractivity contribution in [2.75, 3.05) is 21.3 Å². The molecule has 0 aliphatic carbocycles. The van der Waals surface area contributed by atoms with Crippen LogP contribution >= 0.6 is 0 Å². The lowest BCUT2D eigenvalue weighted by atomic mass is 10.2. The van der Waals surface area contributed by atoms with E-state index in [1.54, 1.807) is 19.4 Å². The molecular formula is C24H31N3O4. The Bertz CT molecular complexity index is 923. The molecule has 0 unspecified atom stereocenters. The fourth-order valence-corrected chi connectivity index (χ4v) is 2.25. The topological polar surface area (TPSA) is 75.1 Å². The van der Waals surface area contributed by atoms with Gasteiger partial charge >= 0.3 is 6.01 Å². The number of benzene rings is 2. The second-order valence-electron chi connectivity index (χ2n) is 5.33. The van der Waals surface area contributed by atoms with Crippen molar-refractivity contribution in [2.45, 2.75) is 27.7 Å². The number of para-hydroxylation sites is 1. The van der Waals surface area contributed by atoms with Crippen LogP contribution in [-0.4, -0.2) is 37.5 Å². The molecule has 1 heterocycles. The van der Waals surface area contributed by atoms with Crippen LogP contribution in [0.15, 0.2) is 59.6 Å². The lowest BCUT2D eigenvalue weighted by molar-refractivity contribution is 0.348. The van der Waals surface area contributed by atoms with E-state index in [1.165, 1.54) is 14.2 Å². The van der Waals surface area contributed by atoms with Crippen LogP contribution in [0.5, 0.6) is 29.3 Å². The van der Waals surface area contributed by atoms with Gasteiger partial charge in [0.1, 0.15) is 11.5 Å². The summed E-state index contributed by atoms with van der Waals surface area (Å²) in [7, 11) is 4.65. The smallest absolute Gasteiger partial charge is 0.328 e. The third-order valence-corrected chi connectivity index (χ3v) is 3.60. The van der Waals surface area contributed by atoms with Gasteiger partial charge in [-0.05, 0) is 24.3 Å². The summed E-state index contributed by atoms with van der Waals surface area (Å²) >= 11 is 0. The first-order valence-electron chi connectivity index (χ1n) is 10.1. The number of hydrogen-bond acceptors (Lipinski definition) is 7. The van der Waals surface area contributed by atoms with Crippen molar-refractivity contribution in [1.82, 2.24) is 9.97 Å². The number of aromatic nitrogens is 2. The first-order valence-corrected chi connectivity index (χ1v) is 10.1. The molecule has 0 spiro atoms. The molecule has 0 radical (unpaired) electrons. The minimum atomic E-state index is 0.119. The van der Waals surface area contributed by atoms with Crippen molar-refractivity contribution in [3.8, 4) is 29.3 Å². The summed E-state index contributed by atoms with van der Waals surface area (Å²) in [6.45, 7) is 8.00. The largest absolute Gasteiger partial charge is 0.497 e. The van der Waals surface area contributed by atoms with Crippen molar-refractivity contribution in [3.05, 3.63) is 60.2 Å². The summed E-state index contributed by atoms with van der Waals surface area (Å²) < 4.78 is 21.3. The third kappa shape index (κ3) is 7.97. The zero-order valence-electron chi connectivity index (χ0n) is 19.2. The summed E-state index contributed by atoms with van der Waals surface area (Å²) in [5.41, 5.74) is 1.54. The number of nitrogens with zero attached hydrogens (tertiary/aromatic N) is 3. The molecule has 3 rings (SSSR count). The van der Waals surface area contributed by atoms with Crippen LogP contribution in [0, 0.1) is 0 Å². The summed E-state index contributed by atoms with van der Waals surface area (Å²) in [6.07, 6.45) is 1.71. The first-order chi connectivity index (χ1) is 15.2. The Hall–Kier alpha value is -3.61. The summed E-state index contributed by atoms with van der Waals surface area (Å²) in [4.78, 5) is 12.8. The van der Waals surface area contributed by atoms with Crippen molar-refractivity contribution in [1.29, 1.82) is 0 Å². The molecule has 2 aromatic carbocycles. The Morgan fingerprint density at radius 2 is 1.39 bits per heavy atom. The van der Waals surface area contributed by atoms with E-state index in [-0.39, 0.29) is 6.01 Å². The third-order valence-electron chi connectivity index (χ3n) is 3.60. The second-order valence-corrected chi connectivity index (χ2v) is 5.33. The van der Waals surface area contributed by atoms with E-state index in [2.05, 4.69) is 15.0 Å². The highest BCUT2D eigenvalue weighted by atomic mass is 16.5. The molecule has 0 amide bonds. The molecule has 0 N–H and O–H groups in total. The van der Waals surface area contributed by atoms with E-state index in [9.17, 15) is 0 Å². The molecule has 0 saturated carbocycles. The highest BCUT2D eigenvalue weighted by Crippen LogP contribution is 2.26. The van der Waals surface area contributed by atoms with E-state index in [0.717, 1.165) is 17.0 Å². The molecule has 7 heteroatoms. The van der Waals surface area contributed by atoms with E-state index in [0.29, 0.717) is 17.5 Å². The molecular weight excluding hydrogens is 394 g/mol. The van der Waals surface area contributed by atoms with Crippen LogP contribution in [0.1, 0.15) is 33.3 Å². The van der Waals surface area contributed by atoms with Gasteiger partial charge in [-0.25, -0.2) is 0 Å². The molecule has 0 aliphatic heterocycles. The Morgan fingerprint density at radius 3 is 2.00 bits per heavy atom. The molecule has 0 fully saturated rings. The average Bonchev–Trinajstić information content (AvgIpc) is 2.85. The van der Waals surface area contributed by atoms with Gasteiger partial charge in [0.25, 0.3) is 0 Å². The quantitative estimate of drug-likeness (QED) is 0.426. The monoisotopic (exact) mass is 425 g/mol. The zero-order valence-corrected chi connectivity index (χ0v) is 19.2. The number of rotatable bonds is 7. The van der Waals surface area contributed by atoms with E-state index in [4.69, 9.17) is 18.9 Å². The lowest BCUT2D eigenvalue weighted by Crippen LogP contribution is -1.99. The second kappa shape index (κ2) is 14.4. The van der Waals surface area contributed by atoms with Crippen LogP contribution < -0.4 is 18.9 Å². The Labute approximate surface area is 184 Å². The predicted molar refractivity (Wildman–Crippen MR) is 125 cm³/mol. The van der Waals surface area contributed by atoms with Gasteiger partial charge in [-0.2, -0.15) is 9.97 Å². The van der Waals surface area contributed by atoms with Gasteiger partial charge in [-0.1, -0.05) is 45.9 Å². The molecule has 0 aliphatic rings. The van der Waals surface area contributed by atoms with E-state index < -0.39 is 0 Å². The zero-order chi connectivity index (χ0) is 23.1. The maximum Gasteiger partial charge on any atom is 0.328 e. The van der Waals surface area contributed by atoms with E-state index in [1.807, 2.05) is 76.2 Å². The van der Waals surface area contributed by atoms with Gasteiger partial charge < -0.3 is 18.9 Å². The number of aliphatic imine (C=N–C) groups is 1. The summed E-state index contributed by atoms with van der Waals surface area (Å²) in [6, 6.07) is 16.6. The van der Waals surface area contributed by atoms with Crippen molar-refractivity contribution in [3.63, 3.8) is 0 Å². The Balaban J connectivity index is 0.00000113. The molecule has 7 nitrogen and oxygen atoms in total. The van der Waals surface area contributed by atoms with Crippen LogP contribution in [0.2, 0.25) is 0 Å². The van der Waals surface area contributed by atoms with Gasteiger partial charge in [0.15, 0.2) is 0 Å². The van der Waals surface area contributed by atoms with Gasteiger partial charge in [0, 0.05) is 17.8 Å². The summed E-state index contributed by atoms with van der Waals surface area (Å²) in [5, 5.41) is 0. The summed E-state index contributed by atoms with van der Waals surface area (Å²) in [5.74, 6) is 1.99. The highest BCUT2D eigenvalue weighted by molar-refractivity contribution is 5.85. The van der Waals surface area contributed by atoms with Crippen molar-refractivity contribution >= 4 is 11.9 Å². The average molecular weight is 426 g/mol. The molecule has 0 atom stereocenters. The number of ether oxygens (including phenoxy) is 4. The minimum absolute atomic E-state index is 0.119. The van der Waals surface area contributed by atoms with E-state index >= 15 is 0 Å². The van der Waals surface area contributed by atoms with Crippen molar-refractivity contribution in [2.24, 2.45) is 4.99 Å². The fourth-order valence-electron chi connectivity index (χ4n) is 2.25. The Kier molecular flexibility index (Phi) is 11.8. The van der Waals surface area contributed by atoms with Crippen molar-refractivity contribution < 1.29 is 18.9 Å². The molecule has 166 valence electrons. The molecule has 1 aromatic heterocycles. The maximum atomic E-state index is 5.83. The molecule has 0 bridgehead atoms. The van der Waals surface area contributed by atoms with Gasteiger partial charge in [0.05, 0.1) is 33.1 Å². The van der Waals surface area contributed by atoms with Gasteiger partial charge in [0.2, 0.25) is 11.8 Å². The molecule has 31 heavy (non-hydrogen) atoms. The van der Waals surface area contributed by atoms with Gasteiger partial charge in [-0.15, -0.1) is 0 Å². The van der Waals surface area contributed by atoms with Gasteiger partial charge in [-0.3, -0.25) is 4.99 Å².